The van der Waals surface area contributed by atoms with Crippen molar-refractivity contribution in [2.45, 2.75) is 6.43 Å². The molecule has 2 aromatic carbocycles. The molecule has 0 N–H and O–H groups in total. The summed E-state index contributed by atoms with van der Waals surface area (Å²) in [6.07, 6.45) is -3.21. The third kappa shape index (κ3) is 2.57. The molecule has 0 saturated carbocycles. The summed E-state index contributed by atoms with van der Waals surface area (Å²) in [5.41, 5.74) is -3.17. The highest BCUT2D eigenvalue weighted by molar-refractivity contribution is 6.30. The van der Waals surface area contributed by atoms with Crippen LogP contribution in [0, 0.1) is 29.1 Å². The molecule has 0 unspecified atom stereocenters. The molecule has 0 heterocycles. The highest BCUT2D eigenvalue weighted by Gasteiger charge is 2.29. The zero-order valence-electron chi connectivity index (χ0n) is 9.83. The predicted molar refractivity (Wildman–Crippen MR) is 61.6 cm³/mol. The lowest BCUT2D eigenvalue weighted by Gasteiger charge is -2.13. The van der Waals surface area contributed by atoms with Crippen molar-refractivity contribution in [3.8, 4) is 11.1 Å². The van der Waals surface area contributed by atoms with Crippen LogP contribution in [0.4, 0.5) is 30.7 Å². The average molecular weight is 329 g/mol. The SMILES string of the molecule is Fc1c(F)c(F)c(-c2ccc(Cl)cc2C(F)F)c(F)c1F. The Morgan fingerprint density at radius 3 is 1.71 bits per heavy atom. The van der Waals surface area contributed by atoms with Gasteiger partial charge in [-0.1, -0.05) is 17.7 Å². The highest BCUT2D eigenvalue weighted by atomic mass is 35.5. The second kappa shape index (κ2) is 5.55. The molecule has 0 atom stereocenters. The van der Waals surface area contributed by atoms with Gasteiger partial charge in [-0.3, -0.25) is 0 Å². The summed E-state index contributed by atoms with van der Waals surface area (Å²) in [5, 5.41) is -0.169. The summed E-state index contributed by atoms with van der Waals surface area (Å²) >= 11 is 5.49. The van der Waals surface area contributed by atoms with Crippen LogP contribution in [0.3, 0.4) is 0 Å². The van der Waals surface area contributed by atoms with Gasteiger partial charge in [-0.05, 0) is 17.7 Å². The lowest BCUT2D eigenvalue weighted by molar-refractivity contribution is 0.152. The molecule has 0 amide bonds. The largest absolute Gasteiger partial charge is 0.264 e. The minimum absolute atomic E-state index is 0.169. The molecule has 0 bridgehead atoms. The molecular weight excluding hydrogens is 325 g/mol. The monoisotopic (exact) mass is 328 g/mol. The maximum absolute atomic E-state index is 13.6. The van der Waals surface area contributed by atoms with E-state index in [1.165, 1.54) is 0 Å². The van der Waals surface area contributed by atoms with Gasteiger partial charge in [0, 0.05) is 10.6 Å². The zero-order chi connectivity index (χ0) is 15.9. The molecule has 2 aromatic rings. The fourth-order valence-electron chi connectivity index (χ4n) is 1.78. The van der Waals surface area contributed by atoms with E-state index in [1.54, 1.807) is 0 Å². The van der Waals surface area contributed by atoms with E-state index < -0.39 is 52.2 Å². The molecule has 0 nitrogen and oxygen atoms in total. The van der Waals surface area contributed by atoms with E-state index in [1.807, 2.05) is 0 Å². The maximum atomic E-state index is 13.6. The average Bonchev–Trinajstić information content (AvgIpc) is 2.44. The summed E-state index contributed by atoms with van der Waals surface area (Å²) < 4.78 is 92.2. The molecule has 8 heteroatoms. The van der Waals surface area contributed by atoms with Crippen molar-refractivity contribution in [3.05, 3.63) is 57.9 Å². The van der Waals surface area contributed by atoms with Gasteiger partial charge in [0.1, 0.15) is 0 Å². The number of halogens is 8. The van der Waals surface area contributed by atoms with Gasteiger partial charge >= 0.3 is 0 Å². The van der Waals surface area contributed by atoms with Crippen molar-refractivity contribution in [3.63, 3.8) is 0 Å². The predicted octanol–water partition coefficient (Wildman–Crippen LogP) is 5.64. The van der Waals surface area contributed by atoms with E-state index in [2.05, 4.69) is 0 Å². The fourth-order valence-corrected chi connectivity index (χ4v) is 1.96. The van der Waals surface area contributed by atoms with Gasteiger partial charge in [0.15, 0.2) is 23.3 Å². The quantitative estimate of drug-likeness (QED) is 0.380. The van der Waals surface area contributed by atoms with Crippen molar-refractivity contribution in [2.24, 2.45) is 0 Å². The van der Waals surface area contributed by atoms with Crippen LogP contribution < -0.4 is 0 Å². The number of hydrogen-bond acceptors (Lipinski definition) is 0. The molecule has 2 rings (SSSR count). The molecule has 21 heavy (non-hydrogen) atoms. The Hall–Kier alpha value is -1.76. The minimum atomic E-state index is -3.21. The molecule has 0 aliphatic heterocycles. The van der Waals surface area contributed by atoms with E-state index in [0.717, 1.165) is 12.1 Å². The molecule has 0 saturated heterocycles. The van der Waals surface area contributed by atoms with Gasteiger partial charge in [-0.25, -0.2) is 30.7 Å². The van der Waals surface area contributed by atoms with Gasteiger partial charge < -0.3 is 0 Å². The van der Waals surface area contributed by atoms with E-state index in [9.17, 15) is 30.7 Å². The highest BCUT2D eigenvalue weighted by Crippen LogP contribution is 2.38. The Morgan fingerprint density at radius 2 is 1.24 bits per heavy atom. The summed E-state index contributed by atoms with van der Waals surface area (Å²) in [5.74, 6) is -11.1. The summed E-state index contributed by atoms with van der Waals surface area (Å²) in [6.45, 7) is 0. The molecule has 0 aromatic heterocycles. The standard InChI is InChI=1S/C13H4ClF7/c14-4-1-2-5(6(3-4)13(20)21)7-8(15)10(17)12(19)11(18)9(7)16/h1-3,13H. The second-order valence-electron chi connectivity index (χ2n) is 3.98. The number of hydrogen-bond donors (Lipinski definition) is 0. The smallest absolute Gasteiger partial charge is 0.205 e. The lowest BCUT2D eigenvalue weighted by atomic mass is 9.98. The molecule has 0 fully saturated rings. The zero-order valence-corrected chi connectivity index (χ0v) is 10.6. The van der Waals surface area contributed by atoms with Crippen LogP contribution in [0.1, 0.15) is 12.0 Å². The van der Waals surface area contributed by atoms with Crippen LogP contribution in [0.15, 0.2) is 18.2 Å². The molecular formula is C13H4ClF7. The van der Waals surface area contributed by atoms with Gasteiger partial charge in [-0.2, -0.15) is 0 Å². The second-order valence-corrected chi connectivity index (χ2v) is 4.41. The van der Waals surface area contributed by atoms with E-state index >= 15 is 0 Å². The van der Waals surface area contributed by atoms with E-state index in [-0.39, 0.29) is 5.02 Å². The van der Waals surface area contributed by atoms with Gasteiger partial charge in [0.25, 0.3) is 6.43 Å². The Bertz CT molecular complexity index is 683. The van der Waals surface area contributed by atoms with Crippen molar-refractivity contribution in [1.82, 2.24) is 0 Å². The van der Waals surface area contributed by atoms with Crippen molar-refractivity contribution >= 4 is 11.6 Å². The van der Waals surface area contributed by atoms with Crippen molar-refractivity contribution in [1.29, 1.82) is 0 Å². The van der Waals surface area contributed by atoms with Crippen LogP contribution in [-0.2, 0) is 0 Å². The minimum Gasteiger partial charge on any atom is -0.205 e. The summed E-state index contributed by atoms with van der Waals surface area (Å²) in [7, 11) is 0. The number of rotatable bonds is 2. The van der Waals surface area contributed by atoms with Crippen LogP contribution in [0.5, 0.6) is 0 Å². The van der Waals surface area contributed by atoms with Crippen LogP contribution in [-0.4, -0.2) is 0 Å². The molecule has 0 radical (unpaired) electrons. The fraction of sp³-hybridized carbons (Fsp3) is 0.0769. The van der Waals surface area contributed by atoms with Gasteiger partial charge in [0.2, 0.25) is 5.82 Å². The first-order valence-corrected chi connectivity index (χ1v) is 5.73. The van der Waals surface area contributed by atoms with Gasteiger partial charge in [-0.15, -0.1) is 0 Å². The maximum Gasteiger partial charge on any atom is 0.264 e. The molecule has 0 aliphatic rings. The Labute approximate surface area is 118 Å². The molecule has 0 aliphatic carbocycles. The van der Waals surface area contributed by atoms with E-state index in [0.29, 0.717) is 6.07 Å². The van der Waals surface area contributed by atoms with Crippen molar-refractivity contribution in [2.75, 3.05) is 0 Å². The Kier molecular flexibility index (Phi) is 4.13. The Morgan fingerprint density at radius 1 is 0.762 bits per heavy atom. The van der Waals surface area contributed by atoms with Crippen LogP contribution in [0.25, 0.3) is 11.1 Å². The first kappa shape index (κ1) is 15.6. The van der Waals surface area contributed by atoms with Crippen LogP contribution in [0.2, 0.25) is 5.02 Å². The molecule has 112 valence electrons. The summed E-state index contributed by atoms with van der Waals surface area (Å²) in [4.78, 5) is 0. The third-order valence-corrected chi connectivity index (χ3v) is 2.96. The number of alkyl halides is 2. The van der Waals surface area contributed by atoms with Crippen LogP contribution >= 0.6 is 11.6 Å². The first-order chi connectivity index (χ1) is 9.75. The lowest BCUT2D eigenvalue weighted by Crippen LogP contribution is -2.05. The summed E-state index contributed by atoms with van der Waals surface area (Å²) in [6, 6.07) is 2.46. The normalized spacial score (nSPS) is 11.3. The molecule has 0 spiro atoms. The van der Waals surface area contributed by atoms with E-state index in [4.69, 9.17) is 11.6 Å². The van der Waals surface area contributed by atoms with Gasteiger partial charge in [0.05, 0.1) is 5.56 Å². The Balaban J connectivity index is 2.86. The topological polar surface area (TPSA) is 0 Å². The third-order valence-electron chi connectivity index (χ3n) is 2.73. The number of benzene rings is 2. The van der Waals surface area contributed by atoms with Crippen molar-refractivity contribution < 1.29 is 30.7 Å². The first-order valence-electron chi connectivity index (χ1n) is 5.35.